The fourth-order valence-corrected chi connectivity index (χ4v) is 7.98. The van der Waals surface area contributed by atoms with Gasteiger partial charge in [-0.2, -0.15) is 0 Å². The zero-order valence-electron chi connectivity index (χ0n) is 15.3. The summed E-state index contributed by atoms with van der Waals surface area (Å²) in [4.78, 5) is 12.4. The molecule has 4 saturated carbocycles. The minimum absolute atomic E-state index is 0.0874. The van der Waals surface area contributed by atoms with E-state index in [1.807, 2.05) is 0 Å². The molecule has 1 amide bonds. The Morgan fingerprint density at radius 3 is 2.42 bits per heavy atom. The zero-order valence-corrected chi connectivity index (χ0v) is 16.9. The van der Waals surface area contributed by atoms with Gasteiger partial charge in [-0.1, -0.05) is 6.07 Å². The first-order valence-corrected chi connectivity index (χ1v) is 12.0. The van der Waals surface area contributed by atoms with Gasteiger partial charge in [0.2, 0.25) is 5.91 Å². The van der Waals surface area contributed by atoms with E-state index in [-0.39, 0.29) is 5.91 Å². The SMILES string of the molecule is CN(CCCC(=O)NC1C2CC3CC(C2)CC1C3)S(=O)(=O)c1cccs1. The van der Waals surface area contributed by atoms with Crippen molar-refractivity contribution in [3.8, 4) is 0 Å². The normalized spacial score (nSPS) is 32.9. The Morgan fingerprint density at radius 2 is 1.85 bits per heavy atom. The summed E-state index contributed by atoms with van der Waals surface area (Å²) in [6.45, 7) is 0.370. The molecule has 0 spiro atoms. The van der Waals surface area contributed by atoms with Gasteiger partial charge in [-0.3, -0.25) is 4.79 Å². The van der Waals surface area contributed by atoms with Gasteiger partial charge in [-0.25, -0.2) is 12.7 Å². The maximum Gasteiger partial charge on any atom is 0.252 e. The first-order valence-electron chi connectivity index (χ1n) is 9.72. The molecular weight excluding hydrogens is 368 g/mol. The van der Waals surface area contributed by atoms with Gasteiger partial charge in [-0.15, -0.1) is 11.3 Å². The van der Waals surface area contributed by atoms with Crippen molar-refractivity contribution >= 4 is 27.3 Å². The van der Waals surface area contributed by atoms with Crippen molar-refractivity contribution in [1.82, 2.24) is 9.62 Å². The van der Waals surface area contributed by atoms with Crippen LogP contribution in [-0.4, -0.2) is 38.3 Å². The van der Waals surface area contributed by atoms with E-state index in [4.69, 9.17) is 0 Å². The first-order chi connectivity index (χ1) is 12.4. The third-order valence-corrected chi connectivity index (χ3v) is 9.82. The van der Waals surface area contributed by atoms with E-state index >= 15 is 0 Å². The highest BCUT2D eigenvalue weighted by Crippen LogP contribution is 2.53. The fraction of sp³-hybridized carbons (Fsp3) is 0.737. The molecular formula is C19H28N2O3S2. The first kappa shape index (κ1) is 18.4. The molecule has 1 aromatic rings. The second-order valence-electron chi connectivity index (χ2n) is 8.39. The number of rotatable bonds is 7. The Morgan fingerprint density at radius 1 is 1.19 bits per heavy atom. The third-order valence-electron chi connectivity index (χ3n) is 6.59. The highest BCUT2D eigenvalue weighted by atomic mass is 32.2. The van der Waals surface area contributed by atoms with Gasteiger partial charge in [-0.05, 0) is 73.6 Å². The average molecular weight is 397 g/mol. The Labute approximate surface area is 160 Å². The lowest BCUT2D eigenvalue weighted by molar-refractivity contribution is -0.125. The minimum Gasteiger partial charge on any atom is -0.353 e. The van der Waals surface area contributed by atoms with Crippen molar-refractivity contribution in [3.63, 3.8) is 0 Å². The number of carbonyl (C=O) groups excluding carboxylic acids is 1. The Hall–Kier alpha value is -0.920. The number of sulfonamides is 1. The van der Waals surface area contributed by atoms with Crippen LogP contribution in [0.4, 0.5) is 0 Å². The molecule has 5 nitrogen and oxygen atoms in total. The van der Waals surface area contributed by atoms with E-state index in [2.05, 4.69) is 5.32 Å². The van der Waals surface area contributed by atoms with Crippen LogP contribution in [0.5, 0.6) is 0 Å². The van der Waals surface area contributed by atoms with Crippen LogP contribution >= 0.6 is 11.3 Å². The molecule has 1 aromatic heterocycles. The summed E-state index contributed by atoms with van der Waals surface area (Å²) in [6.07, 6.45) is 7.53. The van der Waals surface area contributed by atoms with Crippen LogP contribution < -0.4 is 5.32 Å². The average Bonchev–Trinajstić information content (AvgIpc) is 3.12. The summed E-state index contributed by atoms with van der Waals surface area (Å²) in [5, 5.41) is 5.06. The van der Waals surface area contributed by atoms with Crippen molar-refractivity contribution in [2.24, 2.45) is 23.7 Å². The van der Waals surface area contributed by atoms with E-state index in [1.165, 1.54) is 47.7 Å². The summed E-state index contributed by atoms with van der Waals surface area (Å²) in [5.74, 6) is 3.25. The number of hydrogen-bond donors (Lipinski definition) is 1. The molecule has 1 heterocycles. The van der Waals surface area contributed by atoms with Gasteiger partial charge in [0.15, 0.2) is 0 Å². The lowest BCUT2D eigenvalue weighted by Crippen LogP contribution is -2.55. The molecule has 0 radical (unpaired) electrons. The topological polar surface area (TPSA) is 66.5 Å². The Bertz CT molecular complexity index is 717. The highest BCUT2D eigenvalue weighted by Gasteiger charge is 2.48. The second kappa shape index (κ2) is 7.24. The van der Waals surface area contributed by atoms with Crippen molar-refractivity contribution < 1.29 is 13.2 Å². The van der Waals surface area contributed by atoms with Crippen LogP contribution in [0.15, 0.2) is 21.7 Å². The smallest absolute Gasteiger partial charge is 0.252 e. The van der Waals surface area contributed by atoms with Gasteiger partial charge in [0, 0.05) is 26.1 Å². The third kappa shape index (κ3) is 3.58. The van der Waals surface area contributed by atoms with E-state index in [1.54, 1.807) is 24.6 Å². The molecule has 144 valence electrons. The number of amides is 1. The molecule has 4 aliphatic carbocycles. The van der Waals surface area contributed by atoms with Crippen molar-refractivity contribution in [1.29, 1.82) is 0 Å². The number of nitrogens with one attached hydrogen (secondary N) is 1. The maximum absolute atomic E-state index is 12.4. The lowest BCUT2D eigenvalue weighted by Gasteiger charge is -2.54. The largest absolute Gasteiger partial charge is 0.353 e. The Kier molecular flexibility index (Phi) is 5.14. The molecule has 4 fully saturated rings. The number of nitrogens with zero attached hydrogens (tertiary/aromatic N) is 1. The molecule has 0 saturated heterocycles. The fourth-order valence-electron chi connectivity index (χ4n) is 5.57. The van der Waals surface area contributed by atoms with Crippen LogP contribution in [0, 0.1) is 23.7 Å². The van der Waals surface area contributed by atoms with E-state index in [0.717, 1.165) is 11.8 Å². The van der Waals surface area contributed by atoms with Gasteiger partial charge in [0.1, 0.15) is 4.21 Å². The molecule has 5 rings (SSSR count). The van der Waals surface area contributed by atoms with Crippen molar-refractivity contribution in [3.05, 3.63) is 17.5 Å². The standard InChI is InChI=1S/C19H28N2O3S2/c1-21(26(23,24)18-5-3-7-25-18)6-2-4-17(22)20-19-15-9-13-8-14(11-15)12-16(19)10-13/h3,5,7,13-16,19H,2,4,6,8-12H2,1H3,(H,20,22). The molecule has 0 aliphatic heterocycles. The van der Waals surface area contributed by atoms with Gasteiger partial charge >= 0.3 is 0 Å². The highest BCUT2D eigenvalue weighted by molar-refractivity contribution is 7.91. The molecule has 0 unspecified atom stereocenters. The molecule has 0 atom stereocenters. The summed E-state index contributed by atoms with van der Waals surface area (Å²) in [7, 11) is -1.83. The summed E-state index contributed by atoms with van der Waals surface area (Å²) in [5.41, 5.74) is 0. The summed E-state index contributed by atoms with van der Waals surface area (Å²) < 4.78 is 26.5. The van der Waals surface area contributed by atoms with Crippen LogP contribution in [0.2, 0.25) is 0 Å². The quantitative estimate of drug-likeness (QED) is 0.770. The predicted molar refractivity (Wildman–Crippen MR) is 102 cm³/mol. The van der Waals surface area contributed by atoms with Crippen molar-refractivity contribution in [2.75, 3.05) is 13.6 Å². The molecule has 0 aromatic carbocycles. The summed E-state index contributed by atoms with van der Waals surface area (Å²) >= 11 is 1.23. The van der Waals surface area contributed by atoms with Gasteiger partial charge < -0.3 is 5.32 Å². The Balaban J connectivity index is 1.25. The lowest BCUT2D eigenvalue weighted by atomic mass is 9.54. The van der Waals surface area contributed by atoms with Crippen LogP contribution in [0.25, 0.3) is 0 Å². The minimum atomic E-state index is -3.41. The number of carbonyl (C=O) groups is 1. The van der Waals surface area contributed by atoms with E-state index in [0.29, 0.717) is 41.5 Å². The number of thiophene rings is 1. The maximum atomic E-state index is 12.4. The van der Waals surface area contributed by atoms with E-state index in [9.17, 15) is 13.2 Å². The number of hydrogen-bond acceptors (Lipinski definition) is 4. The van der Waals surface area contributed by atoms with Gasteiger partial charge in [0.05, 0.1) is 0 Å². The van der Waals surface area contributed by atoms with E-state index < -0.39 is 10.0 Å². The molecule has 1 N–H and O–H groups in total. The summed E-state index contributed by atoms with van der Waals surface area (Å²) in [6, 6.07) is 3.72. The monoisotopic (exact) mass is 396 g/mol. The van der Waals surface area contributed by atoms with Crippen LogP contribution in [0.1, 0.15) is 44.9 Å². The molecule has 4 bridgehead atoms. The van der Waals surface area contributed by atoms with Gasteiger partial charge in [0.25, 0.3) is 10.0 Å². The predicted octanol–water partition coefficient (Wildman–Crippen LogP) is 3.09. The zero-order chi connectivity index (χ0) is 18.3. The van der Waals surface area contributed by atoms with Crippen molar-refractivity contribution in [2.45, 2.75) is 55.2 Å². The van der Waals surface area contributed by atoms with Crippen LogP contribution in [0.3, 0.4) is 0 Å². The molecule has 26 heavy (non-hydrogen) atoms. The molecule has 4 aliphatic rings. The second-order valence-corrected chi connectivity index (χ2v) is 11.6. The molecule has 7 heteroatoms. The van der Waals surface area contributed by atoms with Crippen LogP contribution in [-0.2, 0) is 14.8 Å².